The van der Waals surface area contributed by atoms with Gasteiger partial charge in [-0.2, -0.15) is 0 Å². The predicted octanol–water partition coefficient (Wildman–Crippen LogP) is 3.10. The standard InChI is InChI=1S/C18H20ClN3O/c19-16-8-4-5-9-17(16)21-10-12-22(13-11-21)18(23)14-20-15-6-2-1-3-7-15/h1-9,20H,10-14H2. The van der Waals surface area contributed by atoms with E-state index in [4.69, 9.17) is 11.6 Å². The van der Waals surface area contributed by atoms with Crippen molar-refractivity contribution in [3.05, 3.63) is 59.6 Å². The number of nitrogens with zero attached hydrogens (tertiary/aromatic N) is 2. The van der Waals surface area contributed by atoms with Crippen LogP contribution >= 0.6 is 11.6 Å². The van der Waals surface area contributed by atoms with Gasteiger partial charge >= 0.3 is 0 Å². The third-order valence-electron chi connectivity index (χ3n) is 4.04. The van der Waals surface area contributed by atoms with Crippen LogP contribution in [0.3, 0.4) is 0 Å². The Balaban J connectivity index is 1.50. The van der Waals surface area contributed by atoms with E-state index in [2.05, 4.69) is 10.2 Å². The molecule has 0 saturated carbocycles. The quantitative estimate of drug-likeness (QED) is 0.936. The number of hydrogen-bond acceptors (Lipinski definition) is 3. The molecule has 1 saturated heterocycles. The van der Waals surface area contributed by atoms with Crippen molar-refractivity contribution in [1.29, 1.82) is 0 Å². The first-order valence-corrected chi connectivity index (χ1v) is 8.18. The molecule has 0 aromatic heterocycles. The van der Waals surface area contributed by atoms with Gasteiger partial charge in [0.2, 0.25) is 5.91 Å². The number of anilines is 2. The van der Waals surface area contributed by atoms with Crippen molar-refractivity contribution in [2.24, 2.45) is 0 Å². The van der Waals surface area contributed by atoms with Gasteiger partial charge in [-0.1, -0.05) is 41.9 Å². The third-order valence-corrected chi connectivity index (χ3v) is 4.36. The van der Waals surface area contributed by atoms with Crippen molar-refractivity contribution in [1.82, 2.24) is 4.90 Å². The molecule has 0 spiro atoms. The molecule has 5 heteroatoms. The number of amides is 1. The number of hydrogen-bond donors (Lipinski definition) is 1. The Labute approximate surface area is 141 Å². The highest BCUT2D eigenvalue weighted by molar-refractivity contribution is 6.33. The van der Waals surface area contributed by atoms with Crippen molar-refractivity contribution in [3.8, 4) is 0 Å². The largest absolute Gasteiger partial charge is 0.376 e. The summed E-state index contributed by atoms with van der Waals surface area (Å²) in [5, 5.41) is 3.93. The Hall–Kier alpha value is -2.20. The van der Waals surface area contributed by atoms with Crippen molar-refractivity contribution >= 4 is 28.9 Å². The summed E-state index contributed by atoms with van der Waals surface area (Å²) in [6.45, 7) is 3.39. The van der Waals surface area contributed by atoms with Gasteiger partial charge in [-0.15, -0.1) is 0 Å². The van der Waals surface area contributed by atoms with Gasteiger partial charge < -0.3 is 15.1 Å². The summed E-state index contributed by atoms with van der Waals surface area (Å²) in [7, 11) is 0. The maximum Gasteiger partial charge on any atom is 0.241 e. The lowest BCUT2D eigenvalue weighted by atomic mass is 10.2. The molecule has 0 radical (unpaired) electrons. The van der Waals surface area contributed by atoms with E-state index in [0.717, 1.165) is 42.6 Å². The van der Waals surface area contributed by atoms with Crippen LogP contribution in [0.5, 0.6) is 0 Å². The third kappa shape index (κ3) is 3.96. The van der Waals surface area contributed by atoms with Crippen LogP contribution in [0, 0.1) is 0 Å². The van der Waals surface area contributed by atoms with Crippen LogP contribution in [-0.2, 0) is 4.79 Å². The van der Waals surface area contributed by atoms with E-state index in [1.807, 2.05) is 59.5 Å². The van der Waals surface area contributed by atoms with E-state index < -0.39 is 0 Å². The number of para-hydroxylation sites is 2. The average Bonchev–Trinajstić information content (AvgIpc) is 2.61. The molecule has 1 aliphatic heterocycles. The SMILES string of the molecule is O=C(CNc1ccccc1)N1CCN(c2ccccc2Cl)CC1. The van der Waals surface area contributed by atoms with Crippen molar-refractivity contribution in [2.45, 2.75) is 0 Å². The van der Waals surface area contributed by atoms with E-state index in [1.54, 1.807) is 0 Å². The van der Waals surface area contributed by atoms with Crippen LogP contribution in [0.1, 0.15) is 0 Å². The molecule has 3 rings (SSSR count). The fourth-order valence-electron chi connectivity index (χ4n) is 2.75. The zero-order valence-electron chi connectivity index (χ0n) is 12.9. The first kappa shape index (κ1) is 15.7. The van der Waals surface area contributed by atoms with Crippen LogP contribution in [-0.4, -0.2) is 43.5 Å². The molecule has 0 unspecified atom stereocenters. The second-order valence-electron chi connectivity index (χ2n) is 5.54. The van der Waals surface area contributed by atoms with Gasteiger partial charge in [0, 0.05) is 31.9 Å². The van der Waals surface area contributed by atoms with E-state index in [1.165, 1.54) is 0 Å². The number of halogens is 1. The van der Waals surface area contributed by atoms with Gasteiger partial charge in [0.1, 0.15) is 0 Å². The minimum atomic E-state index is 0.132. The molecule has 2 aromatic rings. The van der Waals surface area contributed by atoms with E-state index in [9.17, 15) is 4.79 Å². The topological polar surface area (TPSA) is 35.6 Å². The summed E-state index contributed by atoms with van der Waals surface area (Å²) in [4.78, 5) is 16.4. The number of carbonyl (C=O) groups is 1. The minimum absolute atomic E-state index is 0.132. The lowest BCUT2D eigenvalue weighted by Gasteiger charge is -2.36. The van der Waals surface area contributed by atoms with E-state index in [0.29, 0.717) is 6.54 Å². The second-order valence-corrected chi connectivity index (χ2v) is 5.95. The summed E-state index contributed by atoms with van der Waals surface area (Å²) in [5.74, 6) is 0.132. The normalized spacial score (nSPS) is 14.7. The number of piperazine rings is 1. The Morgan fingerprint density at radius 1 is 0.957 bits per heavy atom. The zero-order valence-corrected chi connectivity index (χ0v) is 13.7. The average molecular weight is 330 g/mol. The highest BCUT2D eigenvalue weighted by atomic mass is 35.5. The predicted molar refractivity (Wildman–Crippen MR) is 95.2 cm³/mol. The van der Waals surface area contributed by atoms with Gasteiger partial charge in [-0.05, 0) is 24.3 Å². The number of carbonyl (C=O) groups excluding carboxylic acids is 1. The maximum absolute atomic E-state index is 12.3. The van der Waals surface area contributed by atoms with Crippen LogP contribution in [0.25, 0.3) is 0 Å². The van der Waals surface area contributed by atoms with Crippen LogP contribution < -0.4 is 10.2 Å². The smallest absolute Gasteiger partial charge is 0.241 e. The molecule has 1 aliphatic rings. The molecule has 23 heavy (non-hydrogen) atoms. The van der Waals surface area contributed by atoms with Crippen molar-refractivity contribution in [2.75, 3.05) is 42.9 Å². The molecular weight excluding hydrogens is 310 g/mol. The van der Waals surface area contributed by atoms with Crippen molar-refractivity contribution in [3.63, 3.8) is 0 Å². The van der Waals surface area contributed by atoms with Crippen LogP contribution in [0.15, 0.2) is 54.6 Å². The van der Waals surface area contributed by atoms with Gasteiger partial charge in [-0.3, -0.25) is 4.79 Å². The fraction of sp³-hybridized carbons (Fsp3) is 0.278. The maximum atomic E-state index is 12.3. The number of rotatable bonds is 4. The lowest BCUT2D eigenvalue weighted by molar-refractivity contribution is -0.129. The van der Waals surface area contributed by atoms with E-state index in [-0.39, 0.29) is 5.91 Å². The number of benzene rings is 2. The van der Waals surface area contributed by atoms with Gasteiger partial charge in [-0.25, -0.2) is 0 Å². The molecular formula is C18H20ClN3O. The Bertz CT molecular complexity index is 654. The summed E-state index contributed by atoms with van der Waals surface area (Å²) < 4.78 is 0. The minimum Gasteiger partial charge on any atom is -0.376 e. The van der Waals surface area contributed by atoms with E-state index >= 15 is 0 Å². The van der Waals surface area contributed by atoms with Crippen LogP contribution in [0.4, 0.5) is 11.4 Å². The Kier molecular flexibility index (Phi) is 5.03. The van der Waals surface area contributed by atoms with Gasteiger partial charge in [0.05, 0.1) is 17.3 Å². The van der Waals surface area contributed by atoms with Crippen molar-refractivity contribution < 1.29 is 4.79 Å². The molecule has 120 valence electrons. The van der Waals surface area contributed by atoms with Gasteiger partial charge in [0.25, 0.3) is 0 Å². The highest BCUT2D eigenvalue weighted by Gasteiger charge is 2.21. The molecule has 0 atom stereocenters. The Morgan fingerprint density at radius 3 is 2.30 bits per heavy atom. The molecule has 1 N–H and O–H groups in total. The molecule has 0 bridgehead atoms. The summed E-state index contributed by atoms with van der Waals surface area (Å²) in [6, 6.07) is 17.6. The lowest BCUT2D eigenvalue weighted by Crippen LogP contribution is -2.50. The monoisotopic (exact) mass is 329 g/mol. The molecule has 0 aliphatic carbocycles. The molecule has 1 fully saturated rings. The number of nitrogens with one attached hydrogen (secondary N) is 1. The molecule has 4 nitrogen and oxygen atoms in total. The Morgan fingerprint density at radius 2 is 1.61 bits per heavy atom. The van der Waals surface area contributed by atoms with Crippen LogP contribution in [0.2, 0.25) is 5.02 Å². The first-order chi connectivity index (χ1) is 11.2. The summed E-state index contributed by atoms with van der Waals surface area (Å²) in [6.07, 6.45) is 0. The fourth-order valence-corrected chi connectivity index (χ4v) is 3.01. The molecule has 2 aromatic carbocycles. The van der Waals surface area contributed by atoms with Gasteiger partial charge in [0.15, 0.2) is 0 Å². The molecule has 1 amide bonds. The molecule has 1 heterocycles. The summed E-state index contributed by atoms with van der Waals surface area (Å²) in [5.41, 5.74) is 2.01. The summed E-state index contributed by atoms with van der Waals surface area (Å²) >= 11 is 6.24. The second kappa shape index (κ2) is 7.38. The zero-order chi connectivity index (χ0) is 16.1. The highest BCUT2D eigenvalue weighted by Crippen LogP contribution is 2.26. The first-order valence-electron chi connectivity index (χ1n) is 7.80.